The lowest BCUT2D eigenvalue weighted by atomic mass is 9.89. The van der Waals surface area contributed by atoms with E-state index in [0.29, 0.717) is 0 Å². The summed E-state index contributed by atoms with van der Waals surface area (Å²) in [6, 6.07) is 0. The van der Waals surface area contributed by atoms with Crippen LogP contribution >= 0.6 is 0 Å². The van der Waals surface area contributed by atoms with Crippen LogP contribution in [0.1, 0.15) is 13.8 Å². The fraction of sp³-hybridized carbons (Fsp3) is 0.833. The van der Waals surface area contributed by atoms with Gasteiger partial charge < -0.3 is 10.3 Å². The molecule has 0 unspecified atom stereocenters. The summed E-state index contributed by atoms with van der Waals surface area (Å²) in [6.45, 7) is 2.14. The lowest BCUT2D eigenvalue weighted by molar-refractivity contribution is 0.202. The molecule has 0 rings (SSSR count). The molecule has 2 N–H and O–H groups in total. The van der Waals surface area contributed by atoms with E-state index in [9.17, 15) is 4.39 Å². The van der Waals surface area contributed by atoms with Crippen molar-refractivity contribution in [2.24, 2.45) is 10.6 Å². The Balaban J connectivity index is 4.28. The summed E-state index contributed by atoms with van der Waals surface area (Å²) in [7, 11) is 0. The third-order valence-corrected chi connectivity index (χ3v) is 1.42. The maximum absolute atomic E-state index is 11.9. The Bertz CT molecular complexity index is 134. The first-order chi connectivity index (χ1) is 4.58. The van der Waals surface area contributed by atoms with Gasteiger partial charge in [0.2, 0.25) is 0 Å². The maximum Gasteiger partial charge on any atom is 0.131 e. The van der Waals surface area contributed by atoms with Crippen molar-refractivity contribution in [3.63, 3.8) is 0 Å². The molecule has 4 heteroatoms. The Hall–Kier alpha value is -0.640. The minimum absolute atomic E-state index is 0.0324. The van der Waals surface area contributed by atoms with E-state index in [2.05, 4.69) is 5.16 Å². The highest BCUT2D eigenvalue weighted by molar-refractivity contribution is 5.90. The number of aliphatic hydroxyl groups is 1. The summed E-state index contributed by atoms with van der Waals surface area (Å²) < 4.78 is 11.9. The van der Waals surface area contributed by atoms with Crippen LogP contribution in [0.15, 0.2) is 5.16 Å². The van der Waals surface area contributed by atoms with E-state index in [0.717, 1.165) is 0 Å². The number of alkyl halides is 1. The number of aliphatic hydroxyl groups excluding tert-OH is 1. The molecule has 0 amide bonds. The van der Waals surface area contributed by atoms with Crippen LogP contribution in [0.4, 0.5) is 4.39 Å². The van der Waals surface area contributed by atoms with E-state index in [-0.39, 0.29) is 12.3 Å². The second-order valence-corrected chi connectivity index (χ2v) is 2.72. The van der Waals surface area contributed by atoms with Gasteiger partial charge in [-0.2, -0.15) is 0 Å². The van der Waals surface area contributed by atoms with Crippen LogP contribution < -0.4 is 0 Å². The minimum Gasteiger partial charge on any atom is -0.411 e. The summed E-state index contributed by atoms with van der Waals surface area (Å²) in [4.78, 5) is 0. The first kappa shape index (κ1) is 9.36. The van der Waals surface area contributed by atoms with Gasteiger partial charge in [0, 0.05) is 5.41 Å². The van der Waals surface area contributed by atoms with E-state index in [1.54, 1.807) is 13.8 Å². The molecule has 0 spiro atoms. The fourth-order valence-corrected chi connectivity index (χ4v) is 0.434. The average Bonchev–Trinajstić information content (AvgIpc) is 1.90. The molecule has 0 fully saturated rings. The molecule has 60 valence electrons. The molecule has 0 radical (unpaired) electrons. The maximum atomic E-state index is 11.9. The molecule has 0 saturated heterocycles. The first-order valence-corrected chi connectivity index (χ1v) is 2.96. The second-order valence-electron chi connectivity index (χ2n) is 2.72. The molecule has 0 aromatic rings. The van der Waals surface area contributed by atoms with Gasteiger partial charge >= 0.3 is 0 Å². The van der Waals surface area contributed by atoms with Crippen molar-refractivity contribution in [1.29, 1.82) is 0 Å². The van der Waals surface area contributed by atoms with Crippen LogP contribution in [0.5, 0.6) is 0 Å². The highest BCUT2D eigenvalue weighted by atomic mass is 19.1. The zero-order chi connectivity index (χ0) is 8.20. The normalized spacial score (nSPS) is 13.8. The zero-order valence-corrected chi connectivity index (χ0v) is 6.13. The van der Waals surface area contributed by atoms with Gasteiger partial charge in [-0.05, 0) is 0 Å². The third kappa shape index (κ3) is 1.95. The lowest BCUT2D eigenvalue weighted by Gasteiger charge is -2.19. The van der Waals surface area contributed by atoms with Crippen molar-refractivity contribution in [2.45, 2.75) is 13.8 Å². The Kier molecular flexibility index (Phi) is 3.28. The number of hydrogen-bond donors (Lipinski definition) is 2. The third-order valence-electron chi connectivity index (χ3n) is 1.42. The van der Waals surface area contributed by atoms with E-state index >= 15 is 0 Å². The van der Waals surface area contributed by atoms with Gasteiger partial charge in [-0.25, -0.2) is 4.39 Å². The Labute approximate surface area is 59.2 Å². The number of halogens is 1. The molecule has 0 aliphatic rings. The minimum atomic E-state index is -0.829. The van der Waals surface area contributed by atoms with Gasteiger partial charge in [0.1, 0.15) is 6.67 Å². The van der Waals surface area contributed by atoms with Gasteiger partial charge in [-0.15, -0.1) is 0 Å². The van der Waals surface area contributed by atoms with Crippen LogP contribution in [-0.2, 0) is 0 Å². The topological polar surface area (TPSA) is 52.8 Å². The zero-order valence-electron chi connectivity index (χ0n) is 6.13. The quantitative estimate of drug-likeness (QED) is 0.354. The van der Waals surface area contributed by atoms with Gasteiger partial charge in [-0.1, -0.05) is 19.0 Å². The molecule has 0 bridgehead atoms. The SMILES string of the molecule is CC(C)(CO)/C(CF)=N\O. The molecular formula is C6H12FNO2. The predicted molar refractivity (Wildman–Crippen MR) is 36.1 cm³/mol. The van der Waals surface area contributed by atoms with E-state index in [1.165, 1.54) is 0 Å². The molecule has 0 aromatic heterocycles. The van der Waals surface area contributed by atoms with E-state index < -0.39 is 12.1 Å². The largest absolute Gasteiger partial charge is 0.411 e. The molecule has 3 nitrogen and oxygen atoms in total. The van der Waals surface area contributed by atoms with E-state index in [4.69, 9.17) is 10.3 Å². The van der Waals surface area contributed by atoms with Crippen LogP contribution in [-0.4, -0.2) is 29.3 Å². The second kappa shape index (κ2) is 3.51. The van der Waals surface area contributed by atoms with Crippen molar-refractivity contribution in [2.75, 3.05) is 13.3 Å². The van der Waals surface area contributed by atoms with E-state index in [1.807, 2.05) is 0 Å². The summed E-state index contributed by atoms with van der Waals surface area (Å²) in [6.07, 6.45) is 0. The summed E-state index contributed by atoms with van der Waals surface area (Å²) in [5.74, 6) is 0. The van der Waals surface area contributed by atoms with Crippen LogP contribution in [0.3, 0.4) is 0 Å². The highest BCUT2D eigenvalue weighted by Gasteiger charge is 2.24. The smallest absolute Gasteiger partial charge is 0.131 e. The monoisotopic (exact) mass is 149 g/mol. The van der Waals surface area contributed by atoms with Crippen molar-refractivity contribution in [1.82, 2.24) is 0 Å². The Morgan fingerprint density at radius 2 is 2.10 bits per heavy atom. The van der Waals surface area contributed by atoms with Crippen LogP contribution in [0, 0.1) is 5.41 Å². The number of nitrogens with zero attached hydrogens (tertiary/aromatic N) is 1. The summed E-state index contributed by atoms with van der Waals surface area (Å²) >= 11 is 0. The van der Waals surface area contributed by atoms with Gasteiger partial charge in [-0.3, -0.25) is 0 Å². The van der Waals surface area contributed by atoms with Gasteiger partial charge in [0.05, 0.1) is 12.3 Å². The van der Waals surface area contributed by atoms with Crippen molar-refractivity contribution in [3.05, 3.63) is 0 Å². The number of hydrogen-bond acceptors (Lipinski definition) is 3. The molecule has 10 heavy (non-hydrogen) atoms. The molecule has 0 atom stereocenters. The molecular weight excluding hydrogens is 137 g/mol. The standard InChI is InChI=1S/C6H12FNO2/c1-6(2,4-9)5(3-7)8-10/h9-10H,3-4H2,1-2H3/b8-5-. The van der Waals surface area contributed by atoms with Crippen LogP contribution in [0.2, 0.25) is 0 Å². The first-order valence-electron chi connectivity index (χ1n) is 2.96. The summed E-state index contributed by atoms with van der Waals surface area (Å²) in [5.41, 5.74) is -0.793. The Morgan fingerprint density at radius 1 is 1.60 bits per heavy atom. The molecule has 0 saturated carbocycles. The van der Waals surface area contributed by atoms with Crippen LogP contribution in [0.25, 0.3) is 0 Å². The molecule has 0 heterocycles. The van der Waals surface area contributed by atoms with Crippen molar-refractivity contribution < 1.29 is 14.7 Å². The molecule has 0 aliphatic heterocycles. The average molecular weight is 149 g/mol. The fourth-order valence-electron chi connectivity index (χ4n) is 0.434. The van der Waals surface area contributed by atoms with Gasteiger partial charge in [0.15, 0.2) is 0 Å². The molecule has 0 aromatic carbocycles. The van der Waals surface area contributed by atoms with Crippen molar-refractivity contribution in [3.8, 4) is 0 Å². The van der Waals surface area contributed by atoms with Gasteiger partial charge in [0.25, 0.3) is 0 Å². The molecule has 0 aliphatic carbocycles. The number of rotatable bonds is 3. The Morgan fingerprint density at radius 3 is 2.20 bits per heavy atom. The van der Waals surface area contributed by atoms with Crippen molar-refractivity contribution >= 4 is 5.71 Å². The highest BCUT2D eigenvalue weighted by Crippen LogP contribution is 2.16. The predicted octanol–water partition coefficient (Wildman–Crippen LogP) is 0.805. The number of oxime groups is 1. The summed E-state index contributed by atoms with van der Waals surface area (Å²) in [5, 5.41) is 19.6. The lowest BCUT2D eigenvalue weighted by Crippen LogP contribution is -2.29.